The number of aryl methyl sites for hydroxylation is 3. The van der Waals surface area contributed by atoms with Crippen molar-refractivity contribution in [1.29, 1.82) is 0 Å². The summed E-state index contributed by atoms with van der Waals surface area (Å²) in [7, 11) is 2.09. The Morgan fingerprint density at radius 3 is 2.79 bits per heavy atom. The van der Waals surface area contributed by atoms with Crippen molar-refractivity contribution in [3.8, 4) is 17.2 Å². The van der Waals surface area contributed by atoms with Crippen molar-refractivity contribution in [2.75, 3.05) is 0 Å². The molecule has 6 rings (SSSR count). The molecule has 0 saturated heterocycles. The predicted molar refractivity (Wildman–Crippen MR) is 135 cm³/mol. The van der Waals surface area contributed by atoms with Gasteiger partial charge in [-0.1, -0.05) is 30.0 Å². The van der Waals surface area contributed by atoms with E-state index >= 15 is 0 Å². The minimum Gasteiger partial charge on any atom is -0.340 e. The van der Waals surface area contributed by atoms with Crippen LogP contribution in [0.15, 0.2) is 71.5 Å². The average Bonchev–Trinajstić information content (AvgIpc) is 3.57. The van der Waals surface area contributed by atoms with Crippen LogP contribution in [-0.2, 0) is 12.8 Å². The van der Waals surface area contributed by atoms with Crippen LogP contribution >= 0.6 is 23.1 Å². The molecular weight excluding hydrogens is 448 g/mol. The smallest absolute Gasteiger partial charge is 0.196 e. The van der Waals surface area contributed by atoms with Gasteiger partial charge < -0.3 is 8.97 Å². The lowest BCUT2D eigenvalue weighted by atomic mass is 10.1. The summed E-state index contributed by atoms with van der Waals surface area (Å²) in [6.07, 6.45) is 4.10. The van der Waals surface area contributed by atoms with Crippen LogP contribution in [0.3, 0.4) is 0 Å². The van der Waals surface area contributed by atoms with E-state index < -0.39 is 0 Å². The molecule has 8 heteroatoms. The molecule has 164 valence electrons. The number of pyridine rings is 1. The summed E-state index contributed by atoms with van der Waals surface area (Å²) < 4.78 is 7.70. The molecule has 0 atom stereocenters. The highest BCUT2D eigenvalue weighted by Gasteiger charge is 2.21. The highest BCUT2D eigenvalue weighted by molar-refractivity contribution is 7.98. The van der Waals surface area contributed by atoms with Crippen molar-refractivity contribution in [3.05, 3.63) is 83.1 Å². The molecule has 1 aromatic carbocycles. The monoisotopic (exact) mass is 470 g/mol. The second kappa shape index (κ2) is 7.90. The Morgan fingerprint density at radius 1 is 1.03 bits per heavy atom. The number of aromatic nitrogens is 6. The topological polar surface area (TPSA) is 52.9 Å². The van der Waals surface area contributed by atoms with Gasteiger partial charge in [0.1, 0.15) is 5.65 Å². The van der Waals surface area contributed by atoms with Gasteiger partial charge in [0, 0.05) is 25.2 Å². The Morgan fingerprint density at radius 2 is 1.94 bits per heavy atom. The minimum atomic E-state index is 0.715. The summed E-state index contributed by atoms with van der Waals surface area (Å²) in [6, 6.07) is 16.9. The predicted octanol–water partition coefficient (Wildman–Crippen LogP) is 6.04. The largest absolute Gasteiger partial charge is 0.340 e. The quantitative estimate of drug-likeness (QED) is 0.288. The van der Waals surface area contributed by atoms with Crippen LogP contribution in [0.25, 0.3) is 33.1 Å². The number of thioether (sulfide) groups is 1. The maximum atomic E-state index is 4.74. The summed E-state index contributed by atoms with van der Waals surface area (Å²) in [5.74, 6) is 1.57. The zero-order chi connectivity index (χ0) is 22.5. The van der Waals surface area contributed by atoms with Crippen molar-refractivity contribution in [1.82, 2.24) is 28.7 Å². The van der Waals surface area contributed by atoms with Crippen LogP contribution in [0.4, 0.5) is 0 Å². The SMILES string of the molecule is Cc1ccc(C)c(-n2c(SCc3cn4ccccc4n3)nnc2-c2cc3sccc3n2C)c1. The lowest BCUT2D eigenvalue weighted by Crippen LogP contribution is -2.04. The Balaban J connectivity index is 1.46. The molecule has 6 aromatic rings. The number of nitrogens with zero attached hydrogens (tertiary/aromatic N) is 6. The molecule has 0 saturated carbocycles. The molecule has 0 aliphatic carbocycles. The molecule has 0 N–H and O–H groups in total. The van der Waals surface area contributed by atoms with E-state index in [1.165, 1.54) is 21.3 Å². The van der Waals surface area contributed by atoms with E-state index in [2.05, 4.69) is 82.1 Å². The van der Waals surface area contributed by atoms with Crippen molar-refractivity contribution in [2.24, 2.45) is 7.05 Å². The summed E-state index contributed by atoms with van der Waals surface area (Å²) >= 11 is 3.41. The number of benzene rings is 1. The molecule has 0 fully saturated rings. The van der Waals surface area contributed by atoms with Crippen molar-refractivity contribution >= 4 is 39.0 Å². The highest BCUT2D eigenvalue weighted by atomic mass is 32.2. The third-order valence-corrected chi connectivity index (χ3v) is 7.71. The van der Waals surface area contributed by atoms with Gasteiger partial charge in [0.2, 0.25) is 0 Å². The fraction of sp³-hybridized carbons (Fsp3) is 0.160. The van der Waals surface area contributed by atoms with Gasteiger partial charge in [0.05, 0.1) is 27.3 Å². The number of hydrogen-bond donors (Lipinski definition) is 0. The van der Waals surface area contributed by atoms with Gasteiger partial charge in [-0.15, -0.1) is 21.5 Å². The van der Waals surface area contributed by atoms with Crippen LogP contribution in [0.1, 0.15) is 16.8 Å². The van der Waals surface area contributed by atoms with Crippen molar-refractivity contribution < 1.29 is 0 Å². The summed E-state index contributed by atoms with van der Waals surface area (Å²) in [5, 5.41) is 12.3. The van der Waals surface area contributed by atoms with Crippen LogP contribution in [0.5, 0.6) is 0 Å². The van der Waals surface area contributed by atoms with Gasteiger partial charge in [0.25, 0.3) is 0 Å². The summed E-state index contributed by atoms with van der Waals surface area (Å²) in [4.78, 5) is 4.74. The zero-order valence-corrected chi connectivity index (χ0v) is 20.2. The average molecular weight is 471 g/mol. The van der Waals surface area contributed by atoms with Crippen molar-refractivity contribution in [3.63, 3.8) is 0 Å². The number of thiophene rings is 1. The van der Waals surface area contributed by atoms with Gasteiger partial charge in [-0.05, 0) is 60.7 Å². The van der Waals surface area contributed by atoms with E-state index in [1.54, 1.807) is 23.1 Å². The first kappa shape index (κ1) is 20.3. The second-order valence-electron chi connectivity index (χ2n) is 8.18. The van der Waals surface area contributed by atoms with E-state index in [4.69, 9.17) is 4.98 Å². The van der Waals surface area contributed by atoms with E-state index in [0.29, 0.717) is 5.75 Å². The molecule has 0 amide bonds. The van der Waals surface area contributed by atoms with E-state index in [-0.39, 0.29) is 0 Å². The third kappa shape index (κ3) is 3.46. The Labute approximate surface area is 199 Å². The van der Waals surface area contributed by atoms with Gasteiger partial charge in [-0.2, -0.15) is 0 Å². The lowest BCUT2D eigenvalue weighted by molar-refractivity contribution is 0.872. The standard InChI is InChI=1S/C25H22N6S2/c1-16-7-8-17(2)20(12-16)31-24(21-13-22-19(29(21)3)9-11-32-22)27-28-25(31)33-15-18-14-30-10-5-4-6-23(30)26-18/h4-14H,15H2,1-3H3. The number of rotatable bonds is 5. The number of hydrogen-bond acceptors (Lipinski definition) is 5. The van der Waals surface area contributed by atoms with Gasteiger partial charge in [-0.3, -0.25) is 4.57 Å². The molecule has 5 aromatic heterocycles. The van der Waals surface area contributed by atoms with E-state index in [9.17, 15) is 0 Å². The second-order valence-corrected chi connectivity index (χ2v) is 10.1. The molecule has 0 unspecified atom stereocenters. The Kier molecular flexibility index (Phi) is 4.85. The minimum absolute atomic E-state index is 0.715. The van der Waals surface area contributed by atoms with Gasteiger partial charge >= 0.3 is 0 Å². The fourth-order valence-electron chi connectivity index (χ4n) is 4.17. The van der Waals surface area contributed by atoms with Gasteiger partial charge in [0.15, 0.2) is 11.0 Å². The first-order chi connectivity index (χ1) is 16.1. The Bertz CT molecular complexity index is 1580. The third-order valence-electron chi connectivity index (χ3n) is 5.89. The normalized spacial score (nSPS) is 11.7. The maximum Gasteiger partial charge on any atom is 0.196 e. The first-order valence-corrected chi connectivity index (χ1v) is 12.6. The highest BCUT2D eigenvalue weighted by Crippen LogP contribution is 2.35. The number of imidazole rings is 1. The summed E-state index contributed by atoms with van der Waals surface area (Å²) in [6.45, 7) is 4.26. The molecular formula is C25H22N6S2. The molecule has 0 aliphatic rings. The fourth-order valence-corrected chi connectivity index (χ4v) is 5.84. The van der Waals surface area contributed by atoms with Crippen LogP contribution < -0.4 is 0 Å². The maximum absolute atomic E-state index is 4.74. The zero-order valence-electron chi connectivity index (χ0n) is 18.6. The molecule has 5 heterocycles. The van der Waals surface area contributed by atoms with Crippen LogP contribution in [0.2, 0.25) is 0 Å². The first-order valence-electron chi connectivity index (χ1n) is 10.7. The molecule has 6 nitrogen and oxygen atoms in total. The van der Waals surface area contributed by atoms with Crippen molar-refractivity contribution in [2.45, 2.75) is 24.8 Å². The van der Waals surface area contributed by atoms with E-state index in [0.717, 1.165) is 33.7 Å². The van der Waals surface area contributed by atoms with Crippen LogP contribution in [0, 0.1) is 13.8 Å². The summed E-state index contributed by atoms with van der Waals surface area (Å²) in [5.41, 5.74) is 7.74. The number of fused-ring (bicyclic) bond motifs is 2. The lowest BCUT2D eigenvalue weighted by Gasteiger charge is -2.14. The molecule has 0 spiro atoms. The Hall–Kier alpha value is -3.36. The van der Waals surface area contributed by atoms with Crippen LogP contribution in [-0.4, -0.2) is 28.7 Å². The van der Waals surface area contributed by atoms with Gasteiger partial charge in [-0.25, -0.2) is 4.98 Å². The molecule has 0 radical (unpaired) electrons. The molecule has 0 aliphatic heterocycles. The van der Waals surface area contributed by atoms with E-state index in [1.807, 2.05) is 28.8 Å². The molecule has 0 bridgehead atoms. The molecule has 33 heavy (non-hydrogen) atoms.